The Balaban J connectivity index is 1.92. The van der Waals surface area contributed by atoms with Crippen LogP contribution in [0.1, 0.15) is 18.9 Å². The van der Waals surface area contributed by atoms with Gasteiger partial charge in [-0.05, 0) is 30.2 Å². The van der Waals surface area contributed by atoms with Crippen molar-refractivity contribution in [1.82, 2.24) is 15.0 Å². The largest absolute Gasteiger partial charge is 0.509 e. The molecule has 2 atom stereocenters. The summed E-state index contributed by atoms with van der Waals surface area (Å²) in [6.07, 6.45) is 3.09. The number of hydrogen-bond donors (Lipinski definition) is 2. The lowest BCUT2D eigenvalue weighted by Gasteiger charge is -2.38. The van der Waals surface area contributed by atoms with E-state index >= 15 is 0 Å². The average molecular weight is 333 g/mol. The van der Waals surface area contributed by atoms with Gasteiger partial charge < -0.3 is 10.2 Å². The Bertz CT molecular complexity index is 942. The van der Waals surface area contributed by atoms with Crippen LogP contribution in [0.25, 0.3) is 16.7 Å². The lowest BCUT2D eigenvalue weighted by Crippen LogP contribution is -2.42. The Morgan fingerprint density at radius 2 is 1.60 bits per heavy atom. The molecular formula is C20H19N3O2. The fourth-order valence-corrected chi connectivity index (χ4v) is 3.55. The standard InChI is InChI=1S/C20H19N3O2/c1-2-20(14-8-4-3-5-9-14)18(24)13-12-17(19(20)25)23-21-15-10-6-7-11-16(15)22-23/h3-13,18,24-25H,2H2,1H3. The number of hydrogen-bond acceptors (Lipinski definition) is 4. The summed E-state index contributed by atoms with van der Waals surface area (Å²) in [6.45, 7) is 1.95. The van der Waals surface area contributed by atoms with Crippen molar-refractivity contribution >= 4 is 16.7 Å². The normalized spacial score (nSPS) is 23.4. The van der Waals surface area contributed by atoms with Gasteiger partial charge in [0.1, 0.15) is 22.5 Å². The Kier molecular flexibility index (Phi) is 3.66. The van der Waals surface area contributed by atoms with Gasteiger partial charge in [0.25, 0.3) is 0 Å². The highest BCUT2D eigenvalue weighted by molar-refractivity contribution is 5.75. The number of aliphatic hydroxyl groups is 2. The maximum atomic E-state index is 11.1. The number of rotatable bonds is 3. The fraction of sp³-hybridized carbons (Fsp3) is 0.200. The second-order valence-corrected chi connectivity index (χ2v) is 6.21. The van der Waals surface area contributed by atoms with Gasteiger partial charge in [0.2, 0.25) is 0 Å². The quantitative estimate of drug-likeness (QED) is 0.770. The van der Waals surface area contributed by atoms with Gasteiger partial charge in [-0.15, -0.1) is 15.0 Å². The summed E-state index contributed by atoms with van der Waals surface area (Å²) in [5, 5.41) is 30.8. The molecule has 0 spiro atoms. The molecule has 1 heterocycles. The van der Waals surface area contributed by atoms with Gasteiger partial charge in [0.05, 0.1) is 11.5 Å². The summed E-state index contributed by atoms with van der Waals surface area (Å²) in [4.78, 5) is 1.44. The molecule has 3 aromatic rings. The van der Waals surface area contributed by atoms with Crippen molar-refractivity contribution in [1.29, 1.82) is 0 Å². The predicted molar refractivity (Wildman–Crippen MR) is 96.9 cm³/mol. The van der Waals surface area contributed by atoms with Gasteiger partial charge in [0.15, 0.2) is 0 Å². The average Bonchev–Trinajstić information content (AvgIpc) is 3.07. The smallest absolute Gasteiger partial charge is 0.133 e. The third-order valence-corrected chi connectivity index (χ3v) is 4.96. The van der Waals surface area contributed by atoms with Crippen LogP contribution < -0.4 is 0 Å². The van der Waals surface area contributed by atoms with E-state index in [0.29, 0.717) is 12.1 Å². The summed E-state index contributed by atoms with van der Waals surface area (Å²) in [6, 6.07) is 17.1. The summed E-state index contributed by atoms with van der Waals surface area (Å²) < 4.78 is 0. The van der Waals surface area contributed by atoms with Crippen molar-refractivity contribution in [2.45, 2.75) is 24.9 Å². The van der Waals surface area contributed by atoms with Gasteiger partial charge in [-0.2, -0.15) is 0 Å². The van der Waals surface area contributed by atoms with E-state index in [0.717, 1.165) is 16.6 Å². The maximum absolute atomic E-state index is 11.1. The summed E-state index contributed by atoms with van der Waals surface area (Å²) in [5.74, 6) is 0.0801. The Morgan fingerprint density at radius 3 is 2.20 bits per heavy atom. The van der Waals surface area contributed by atoms with E-state index in [1.54, 1.807) is 12.2 Å². The molecule has 0 saturated carbocycles. The molecular weight excluding hydrogens is 314 g/mol. The SMILES string of the molecule is CCC1(c2ccccc2)C(O)=C(n2nc3ccccc3n2)C=CC1O. The minimum Gasteiger partial charge on any atom is -0.509 e. The van der Waals surface area contributed by atoms with Crippen molar-refractivity contribution in [3.05, 3.63) is 78.1 Å². The third-order valence-electron chi connectivity index (χ3n) is 4.96. The number of allylic oxidation sites excluding steroid dienone is 2. The van der Waals surface area contributed by atoms with E-state index in [2.05, 4.69) is 10.2 Å². The monoisotopic (exact) mass is 333 g/mol. The van der Waals surface area contributed by atoms with E-state index in [9.17, 15) is 10.2 Å². The van der Waals surface area contributed by atoms with Crippen LogP contribution in [-0.2, 0) is 5.41 Å². The first-order chi connectivity index (χ1) is 12.2. The molecule has 0 aliphatic heterocycles. The molecule has 0 saturated heterocycles. The molecule has 2 N–H and O–H groups in total. The van der Waals surface area contributed by atoms with Crippen LogP contribution in [0.4, 0.5) is 0 Å². The lowest BCUT2D eigenvalue weighted by atomic mass is 9.69. The zero-order chi connectivity index (χ0) is 17.4. The van der Waals surface area contributed by atoms with Gasteiger partial charge in [-0.3, -0.25) is 0 Å². The van der Waals surface area contributed by atoms with Gasteiger partial charge in [0, 0.05) is 0 Å². The molecule has 0 amide bonds. The molecule has 0 radical (unpaired) electrons. The highest BCUT2D eigenvalue weighted by Crippen LogP contribution is 2.43. The van der Waals surface area contributed by atoms with Gasteiger partial charge >= 0.3 is 0 Å². The molecule has 0 fully saturated rings. The van der Waals surface area contributed by atoms with Gasteiger partial charge in [-0.1, -0.05) is 55.5 Å². The zero-order valence-corrected chi connectivity index (χ0v) is 13.9. The van der Waals surface area contributed by atoms with Crippen molar-refractivity contribution in [2.75, 3.05) is 0 Å². The van der Waals surface area contributed by atoms with Gasteiger partial charge in [-0.25, -0.2) is 0 Å². The molecule has 2 aromatic carbocycles. The molecule has 1 aliphatic carbocycles. The molecule has 5 nitrogen and oxygen atoms in total. The summed E-state index contributed by atoms with van der Waals surface area (Å²) >= 11 is 0. The predicted octanol–water partition coefficient (Wildman–Crippen LogP) is 3.44. The molecule has 0 bridgehead atoms. The highest BCUT2D eigenvalue weighted by Gasteiger charge is 2.45. The molecule has 126 valence electrons. The zero-order valence-electron chi connectivity index (χ0n) is 13.9. The molecule has 2 unspecified atom stereocenters. The van der Waals surface area contributed by atoms with Crippen LogP contribution in [0.3, 0.4) is 0 Å². The van der Waals surface area contributed by atoms with E-state index in [1.807, 2.05) is 61.5 Å². The number of nitrogens with zero attached hydrogens (tertiary/aromatic N) is 3. The Labute approximate surface area is 145 Å². The second-order valence-electron chi connectivity index (χ2n) is 6.21. The van der Waals surface area contributed by atoms with Crippen LogP contribution in [0, 0.1) is 0 Å². The second kappa shape index (κ2) is 5.86. The van der Waals surface area contributed by atoms with Crippen molar-refractivity contribution in [2.24, 2.45) is 0 Å². The number of aromatic nitrogens is 3. The minimum absolute atomic E-state index is 0.0801. The maximum Gasteiger partial charge on any atom is 0.133 e. The van der Waals surface area contributed by atoms with Crippen LogP contribution in [0.5, 0.6) is 0 Å². The molecule has 5 heteroatoms. The van der Waals surface area contributed by atoms with Crippen LogP contribution in [-0.4, -0.2) is 31.3 Å². The first kappa shape index (κ1) is 15.6. The van der Waals surface area contributed by atoms with E-state index in [1.165, 1.54) is 4.80 Å². The number of benzene rings is 2. The van der Waals surface area contributed by atoms with Crippen LogP contribution >= 0.6 is 0 Å². The van der Waals surface area contributed by atoms with E-state index in [-0.39, 0.29) is 5.76 Å². The Morgan fingerprint density at radius 1 is 1.00 bits per heavy atom. The topological polar surface area (TPSA) is 71.2 Å². The lowest BCUT2D eigenvalue weighted by molar-refractivity contribution is 0.105. The highest BCUT2D eigenvalue weighted by atomic mass is 16.3. The van der Waals surface area contributed by atoms with Crippen LogP contribution in [0.2, 0.25) is 0 Å². The number of aliphatic hydroxyl groups excluding tert-OH is 2. The van der Waals surface area contributed by atoms with Crippen molar-refractivity contribution in [3.63, 3.8) is 0 Å². The van der Waals surface area contributed by atoms with Crippen molar-refractivity contribution in [3.8, 4) is 0 Å². The fourth-order valence-electron chi connectivity index (χ4n) is 3.55. The first-order valence-corrected chi connectivity index (χ1v) is 8.35. The third kappa shape index (κ3) is 2.27. The van der Waals surface area contributed by atoms with E-state index in [4.69, 9.17) is 0 Å². The van der Waals surface area contributed by atoms with E-state index < -0.39 is 11.5 Å². The minimum atomic E-state index is -0.912. The molecule has 1 aliphatic rings. The molecule has 1 aromatic heterocycles. The first-order valence-electron chi connectivity index (χ1n) is 8.35. The van der Waals surface area contributed by atoms with Crippen molar-refractivity contribution < 1.29 is 10.2 Å². The van der Waals surface area contributed by atoms with Crippen LogP contribution in [0.15, 0.2) is 72.5 Å². The molecule has 25 heavy (non-hydrogen) atoms. The number of fused-ring (bicyclic) bond motifs is 1. The summed E-state index contributed by atoms with van der Waals surface area (Å²) in [5.41, 5.74) is 1.94. The Hall–Kier alpha value is -2.92. The summed E-state index contributed by atoms with van der Waals surface area (Å²) in [7, 11) is 0. The molecule has 4 rings (SSSR count).